The van der Waals surface area contributed by atoms with E-state index in [1.165, 1.54) is 25.9 Å². The van der Waals surface area contributed by atoms with Crippen molar-refractivity contribution in [2.75, 3.05) is 26.2 Å². The highest BCUT2D eigenvalue weighted by Gasteiger charge is 2.28. The first-order valence-corrected chi connectivity index (χ1v) is 6.47. The largest absolute Gasteiger partial charge is 0.340 e. The van der Waals surface area contributed by atoms with E-state index in [2.05, 4.69) is 11.8 Å². The van der Waals surface area contributed by atoms with Gasteiger partial charge in [-0.05, 0) is 45.7 Å². The van der Waals surface area contributed by atoms with Crippen LogP contribution in [0.1, 0.15) is 32.6 Å². The summed E-state index contributed by atoms with van der Waals surface area (Å²) in [6, 6.07) is 0.233. The topological polar surface area (TPSA) is 49.6 Å². The average molecular weight is 225 g/mol. The van der Waals surface area contributed by atoms with Crippen molar-refractivity contribution in [3.8, 4) is 0 Å². The minimum atomic E-state index is -0.250. The Labute approximate surface area is 97.8 Å². The zero-order chi connectivity index (χ0) is 11.5. The second kappa shape index (κ2) is 5.15. The first-order chi connectivity index (χ1) is 7.68. The van der Waals surface area contributed by atoms with E-state index in [1.54, 1.807) is 0 Å². The van der Waals surface area contributed by atoms with E-state index >= 15 is 0 Å². The molecule has 2 rings (SSSR count). The van der Waals surface area contributed by atoms with E-state index < -0.39 is 0 Å². The molecule has 0 aromatic carbocycles. The number of piperidine rings is 1. The summed E-state index contributed by atoms with van der Waals surface area (Å²) in [5, 5.41) is 0. The third-order valence-electron chi connectivity index (χ3n) is 3.82. The van der Waals surface area contributed by atoms with Crippen LogP contribution in [0.25, 0.3) is 0 Å². The monoisotopic (exact) mass is 225 g/mol. The molecule has 2 saturated heterocycles. The van der Waals surface area contributed by atoms with Crippen LogP contribution in [0.15, 0.2) is 0 Å². The number of hydrogen-bond acceptors (Lipinski definition) is 3. The third-order valence-corrected chi connectivity index (χ3v) is 3.82. The van der Waals surface area contributed by atoms with Crippen LogP contribution in [-0.4, -0.2) is 54.0 Å². The van der Waals surface area contributed by atoms with Crippen molar-refractivity contribution in [3.05, 3.63) is 0 Å². The number of amides is 1. The Morgan fingerprint density at radius 3 is 2.69 bits per heavy atom. The maximum Gasteiger partial charge on any atom is 0.239 e. The number of nitrogens with zero attached hydrogens (tertiary/aromatic N) is 2. The molecule has 2 aliphatic heterocycles. The summed E-state index contributed by atoms with van der Waals surface area (Å²) in [7, 11) is 0. The van der Waals surface area contributed by atoms with Crippen LogP contribution >= 0.6 is 0 Å². The molecule has 2 aliphatic rings. The fraction of sp³-hybridized carbons (Fsp3) is 0.917. The van der Waals surface area contributed by atoms with Gasteiger partial charge in [-0.2, -0.15) is 0 Å². The van der Waals surface area contributed by atoms with Gasteiger partial charge in [0.05, 0.1) is 6.04 Å². The third kappa shape index (κ3) is 2.55. The highest BCUT2D eigenvalue weighted by atomic mass is 16.2. The Morgan fingerprint density at radius 1 is 1.31 bits per heavy atom. The Bertz CT molecular complexity index is 251. The molecule has 1 amide bonds. The van der Waals surface area contributed by atoms with Crippen LogP contribution < -0.4 is 5.73 Å². The number of likely N-dealkylation sites (tertiary alicyclic amines) is 2. The summed E-state index contributed by atoms with van der Waals surface area (Å²) in [4.78, 5) is 16.3. The Kier molecular flexibility index (Phi) is 3.82. The molecular formula is C12H23N3O. The molecule has 0 aliphatic carbocycles. The SMILES string of the molecule is CC(CN1CCCC(N)C1=O)N1CCCC1. The van der Waals surface area contributed by atoms with Crippen molar-refractivity contribution in [1.29, 1.82) is 0 Å². The van der Waals surface area contributed by atoms with Crippen LogP contribution in [0.2, 0.25) is 0 Å². The molecule has 0 saturated carbocycles. The molecule has 2 heterocycles. The van der Waals surface area contributed by atoms with E-state index in [9.17, 15) is 4.79 Å². The van der Waals surface area contributed by atoms with Gasteiger partial charge in [0, 0.05) is 19.1 Å². The number of nitrogens with two attached hydrogens (primary N) is 1. The van der Waals surface area contributed by atoms with Gasteiger partial charge in [-0.3, -0.25) is 9.69 Å². The lowest BCUT2D eigenvalue weighted by molar-refractivity contribution is -0.135. The maximum atomic E-state index is 11.9. The quantitative estimate of drug-likeness (QED) is 0.757. The molecule has 0 aromatic rings. The molecule has 16 heavy (non-hydrogen) atoms. The standard InChI is InChI=1S/C12H23N3O/c1-10(14-6-2-3-7-14)9-15-8-4-5-11(13)12(15)16/h10-11H,2-9,13H2,1H3. The Balaban J connectivity index is 1.85. The predicted octanol–water partition coefficient (Wildman–Crippen LogP) is 0.420. The molecule has 0 bridgehead atoms. The van der Waals surface area contributed by atoms with Gasteiger partial charge in [0.1, 0.15) is 0 Å². The van der Waals surface area contributed by atoms with E-state index in [0.29, 0.717) is 6.04 Å². The second-order valence-electron chi connectivity index (χ2n) is 5.13. The maximum absolute atomic E-state index is 11.9. The van der Waals surface area contributed by atoms with Crippen LogP contribution in [0.4, 0.5) is 0 Å². The highest BCUT2D eigenvalue weighted by Crippen LogP contribution is 2.15. The smallest absolute Gasteiger partial charge is 0.239 e. The van der Waals surface area contributed by atoms with Crippen LogP contribution in [-0.2, 0) is 4.79 Å². The van der Waals surface area contributed by atoms with E-state index in [4.69, 9.17) is 5.73 Å². The predicted molar refractivity (Wildman–Crippen MR) is 64.1 cm³/mol. The van der Waals surface area contributed by atoms with Crippen LogP contribution in [0.5, 0.6) is 0 Å². The summed E-state index contributed by atoms with van der Waals surface area (Å²) in [6.45, 7) is 6.35. The first kappa shape index (κ1) is 11.9. The normalized spacial score (nSPS) is 29.8. The molecule has 2 unspecified atom stereocenters. The first-order valence-electron chi connectivity index (χ1n) is 6.47. The zero-order valence-corrected chi connectivity index (χ0v) is 10.2. The fourth-order valence-corrected chi connectivity index (χ4v) is 2.77. The molecule has 0 spiro atoms. The van der Waals surface area contributed by atoms with Crippen molar-refractivity contribution < 1.29 is 4.79 Å². The van der Waals surface area contributed by atoms with Crippen LogP contribution in [0, 0.1) is 0 Å². The molecule has 0 aromatic heterocycles. The van der Waals surface area contributed by atoms with E-state index in [-0.39, 0.29) is 11.9 Å². The number of carbonyl (C=O) groups excluding carboxylic acids is 1. The molecule has 2 N–H and O–H groups in total. The summed E-state index contributed by atoms with van der Waals surface area (Å²) in [6.07, 6.45) is 4.52. The van der Waals surface area contributed by atoms with Crippen molar-refractivity contribution in [3.63, 3.8) is 0 Å². The van der Waals surface area contributed by atoms with Crippen LogP contribution in [0.3, 0.4) is 0 Å². The summed E-state index contributed by atoms with van der Waals surface area (Å²) >= 11 is 0. The van der Waals surface area contributed by atoms with E-state index in [1.807, 2.05) is 4.90 Å². The van der Waals surface area contributed by atoms with Crippen molar-refractivity contribution in [2.45, 2.75) is 44.7 Å². The fourth-order valence-electron chi connectivity index (χ4n) is 2.77. The van der Waals surface area contributed by atoms with Gasteiger partial charge in [-0.15, -0.1) is 0 Å². The molecule has 2 atom stereocenters. The van der Waals surface area contributed by atoms with Crippen molar-refractivity contribution in [2.24, 2.45) is 5.73 Å². The average Bonchev–Trinajstić information content (AvgIpc) is 2.78. The highest BCUT2D eigenvalue weighted by molar-refractivity contribution is 5.82. The minimum Gasteiger partial charge on any atom is -0.340 e. The summed E-state index contributed by atoms with van der Waals surface area (Å²) in [5.41, 5.74) is 5.79. The van der Waals surface area contributed by atoms with E-state index in [0.717, 1.165) is 25.9 Å². The molecular weight excluding hydrogens is 202 g/mol. The van der Waals surface area contributed by atoms with Gasteiger partial charge in [-0.1, -0.05) is 0 Å². The molecule has 92 valence electrons. The molecule has 2 fully saturated rings. The Hall–Kier alpha value is -0.610. The Morgan fingerprint density at radius 2 is 2.00 bits per heavy atom. The molecule has 4 heteroatoms. The lowest BCUT2D eigenvalue weighted by atomic mass is 10.1. The van der Waals surface area contributed by atoms with Gasteiger partial charge in [0.2, 0.25) is 5.91 Å². The summed E-state index contributed by atoms with van der Waals surface area (Å²) < 4.78 is 0. The number of rotatable bonds is 3. The van der Waals surface area contributed by atoms with Gasteiger partial charge in [-0.25, -0.2) is 0 Å². The zero-order valence-electron chi connectivity index (χ0n) is 10.2. The molecule has 4 nitrogen and oxygen atoms in total. The van der Waals surface area contributed by atoms with Gasteiger partial charge in [0.15, 0.2) is 0 Å². The second-order valence-corrected chi connectivity index (χ2v) is 5.13. The number of hydrogen-bond donors (Lipinski definition) is 1. The van der Waals surface area contributed by atoms with Gasteiger partial charge < -0.3 is 10.6 Å². The lowest BCUT2D eigenvalue weighted by Gasteiger charge is -2.35. The number of carbonyl (C=O) groups is 1. The van der Waals surface area contributed by atoms with Crippen molar-refractivity contribution >= 4 is 5.91 Å². The molecule has 0 radical (unpaired) electrons. The minimum absolute atomic E-state index is 0.150. The lowest BCUT2D eigenvalue weighted by Crippen LogP contribution is -2.52. The van der Waals surface area contributed by atoms with Gasteiger partial charge >= 0.3 is 0 Å². The van der Waals surface area contributed by atoms with Crippen molar-refractivity contribution in [1.82, 2.24) is 9.80 Å². The summed E-state index contributed by atoms with van der Waals surface area (Å²) in [5.74, 6) is 0.150. The van der Waals surface area contributed by atoms with Gasteiger partial charge in [0.25, 0.3) is 0 Å².